The monoisotopic (exact) mass is 266 g/mol. The Hall–Kier alpha value is -1.73. The van der Waals surface area contributed by atoms with E-state index in [1.807, 2.05) is 0 Å². The third-order valence-corrected chi connectivity index (χ3v) is 3.28. The highest BCUT2D eigenvalue weighted by molar-refractivity contribution is 6.33. The number of aromatic amines is 1. The molecule has 3 heterocycles. The van der Waals surface area contributed by atoms with E-state index in [4.69, 9.17) is 17.3 Å². The Morgan fingerprint density at radius 1 is 1.56 bits per heavy atom. The number of nitrogens with two attached hydrogens (primary N) is 1. The molecule has 0 spiro atoms. The van der Waals surface area contributed by atoms with Crippen molar-refractivity contribution in [3.63, 3.8) is 0 Å². The summed E-state index contributed by atoms with van der Waals surface area (Å²) in [5.74, 6) is 0.409. The normalized spacial score (nSPS) is 20.0. The zero-order valence-electron chi connectivity index (χ0n) is 9.43. The fourth-order valence-corrected chi connectivity index (χ4v) is 2.26. The van der Waals surface area contributed by atoms with Crippen LogP contribution in [0.25, 0.3) is 11.2 Å². The third-order valence-electron chi connectivity index (χ3n) is 3.01. The van der Waals surface area contributed by atoms with Crippen molar-refractivity contribution >= 4 is 34.6 Å². The second-order valence-electron chi connectivity index (χ2n) is 4.23. The molecule has 1 aliphatic rings. The molecule has 1 atom stereocenters. The molecule has 18 heavy (non-hydrogen) atoms. The average Bonchev–Trinajstić information content (AvgIpc) is 2.95. The van der Waals surface area contributed by atoms with Crippen molar-refractivity contribution in [1.29, 1.82) is 0 Å². The summed E-state index contributed by atoms with van der Waals surface area (Å²) in [5.41, 5.74) is 6.60. The zero-order valence-corrected chi connectivity index (χ0v) is 10.2. The highest BCUT2D eigenvalue weighted by Gasteiger charge is 2.31. The number of rotatable bonds is 2. The highest BCUT2D eigenvalue weighted by Crippen LogP contribution is 2.25. The molecule has 2 aromatic heterocycles. The van der Waals surface area contributed by atoms with Crippen LogP contribution in [0.5, 0.6) is 0 Å². The summed E-state index contributed by atoms with van der Waals surface area (Å²) in [5, 5.41) is 0.261. The third kappa shape index (κ3) is 1.72. The number of halogens is 1. The van der Waals surface area contributed by atoms with Gasteiger partial charge in [0, 0.05) is 13.0 Å². The van der Waals surface area contributed by atoms with Crippen LogP contribution in [0, 0.1) is 5.92 Å². The Morgan fingerprint density at radius 3 is 3.11 bits per heavy atom. The Morgan fingerprint density at radius 2 is 2.39 bits per heavy atom. The molecule has 0 aromatic carbocycles. The van der Waals surface area contributed by atoms with Gasteiger partial charge in [0.25, 0.3) is 0 Å². The molecule has 3 rings (SSSR count). The van der Waals surface area contributed by atoms with E-state index in [1.165, 1.54) is 11.2 Å². The molecule has 8 heteroatoms. The van der Waals surface area contributed by atoms with Crippen LogP contribution in [0.15, 0.2) is 6.33 Å². The van der Waals surface area contributed by atoms with Crippen molar-refractivity contribution in [3.05, 3.63) is 11.5 Å². The maximum atomic E-state index is 11.8. The molecule has 1 saturated heterocycles. The van der Waals surface area contributed by atoms with Gasteiger partial charge in [-0.1, -0.05) is 11.6 Å². The highest BCUT2D eigenvalue weighted by atomic mass is 35.5. The Kier molecular flexibility index (Phi) is 2.64. The number of aromatic nitrogens is 4. The minimum atomic E-state index is -0.0311. The summed E-state index contributed by atoms with van der Waals surface area (Å²) in [6.07, 6.45) is 1.92. The van der Waals surface area contributed by atoms with Crippen LogP contribution >= 0.6 is 11.6 Å². The summed E-state index contributed by atoms with van der Waals surface area (Å²) in [4.78, 5) is 28.6. The van der Waals surface area contributed by atoms with Crippen LogP contribution < -0.4 is 10.6 Å². The number of nitrogens with one attached hydrogen (secondary N) is 1. The number of amides is 1. The predicted octanol–water partition coefficient (Wildman–Crippen LogP) is 0.318. The van der Waals surface area contributed by atoms with Gasteiger partial charge in [-0.25, -0.2) is 4.98 Å². The van der Waals surface area contributed by atoms with Crippen molar-refractivity contribution in [3.8, 4) is 0 Å². The first-order valence-electron chi connectivity index (χ1n) is 5.56. The topological polar surface area (TPSA) is 101 Å². The van der Waals surface area contributed by atoms with Crippen LogP contribution in [0.2, 0.25) is 5.15 Å². The van der Waals surface area contributed by atoms with E-state index in [0.29, 0.717) is 36.6 Å². The second-order valence-corrected chi connectivity index (χ2v) is 4.58. The maximum absolute atomic E-state index is 11.8. The summed E-state index contributed by atoms with van der Waals surface area (Å²) >= 11 is 6.01. The molecule has 0 radical (unpaired) electrons. The van der Waals surface area contributed by atoms with Gasteiger partial charge in [-0.3, -0.25) is 9.69 Å². The summed E-state index contributed by atoms with van der Waals surface area (Å²) in [6.45, 7) is 1.00. The number of hydrogen-bond donors (Lipinski definition) is 2. The summed E-state index contributed by atoms with van der Waals surface area (Å²) < 4.78 is 0. The second kappa shape index (κ2) is 4.18. The van der Waals surface area contributed by atoms with Gasteiger partial charge in [0.1, 0.15) is 5.52 Å². The van der Waals surface area contributed by atoms with E-state index >= 15 is 0 Å². The van der Waals surface area contributed by atoms with E-state index in [0.717, 1.165) is 0 Å². The van der Waals surface area contributed by atoms with E-state index in [1.54, 1.807) is 0 Å². The molecular weight excluding hydrogens is 256 g/mol. The molecule has 0 aliphatic carbocycles. The van der Waals surface area contributed by atoms with Crippen LogP contribution in [0.3, 0.4) is 0 Å². The Balaban J connectivity index is 2.01. The van der Waals surface area contributed by atoms with Gasteiger partial charge in [0.05, 0.1) is 6.33 Å². The largest absolute Gasteiger partial charge is 0.341 e. The molecule has 2 aromatic rings. The average molecular weight is 267 g/mol. The minimum Gasteiger partial charge on any atom is -0.341 e. The first-order valence-corrected chi connectivity index (χ1v) is 5.94. The molecule has 3 N–H and O–H groups in total. The van der Waals surface area contributed by atoms with Gasteiger partial charge in [-0.15, -0.1) is 0 Å². The molecule has 1 amide bonds. The Labute approximate surface area is 107 Å². The number of H-pyrrole nitrogens is 1. The van der Waals surface area contributed by atoms with Crippen LogP contribution in [0.1, 0.15) is 6.42 Å². The van der Waals surface area contributed by atoms with Crippen LogP contribution in [-0.4, -0.2) is 38.9 Å². The van der Waals surface area contributed by atoms with Gasteiger partial charge in [-0.05, 0) is 12.5 Å². The molecule has 1 unspecified atom stereocenters. The van der Waals surface area contributed by atoms with Crippen molar-refractivity contribution in [2.75, 3.05) is 18.0 Å². The SMILES string of the molecule is NCC1CC(=O)N(c2nc(Cl)c3[nH]cnc3n2)C1. The number of hydrogen-bond acceptors (Lipinski definition) is 5. The van der Waals surface area contributed by atoms with Gasteiger partial charge >= 0.3 is 0 Å². The van der Waals surface area contributed by atoms with E-state index in [2.05, 4.69) is 19.9 Å². The first-order chi connectivity index (χ1) is 8.69. The van der Waals surface area contributed by atoms with E-state index in [9.17, 15) is 4.79 Å². The van der Waals surface area contributed by atoms with Crippen LogP contribution in [0.4, 0.5) is 5.95 Å². The fourth-order valence-electron chi connectivity index (χ4n) is 2.04. The molecule has 1 fully saturated rings. The van der Waals surface area contributed by atoms with Crippen LogP contribution in [-0.2, 0) is 4.79 Å². The number of anilines is 1. The lowest BCUT2D eigenvalue weighted by Crippen LogP contribution is -2.27. The van der Waals surface area contributed by atoms with E-state index < -0.39 is 0 Å². The molecule has 0 bridgehead atoms. The van der Waals surface area contributed by atoms with Gasteiger partial charge < -0.3 is 10.7 Å². The lowest BCUT2D eigenvalue weighted by molar-refractivity contribution is -0.117. The van der Waals surface area contributed by atoms with Crippen molar-refractivity contribution < 1.29 is 4.79 Å². The van der Waals surface area contributed by atoms with Crippen molar-refractivity contribution in [1.82, 2.24) is 19.9 Å². The number of imidazole rings is 1. The quantitative estimate of drug-likeness (QED) is 0.762. The van der Waals surface area contributed by atoms with Gasteiger partial charge in [0.15, 0.2) is 10.8 Å². The zero-order chi connectivity index (χ0) is 12.7. The predicted molar refractivity (Wildman–Crippen MR) is 66.2 cm³/mol. The standard InChI is InChI=1S/C10H11ClN6O/c11-8-7-9(14-4-13-7)16-10(15-8)17-3-5(2-12)1-6(17)18/h4-5H,1-3,12H2,(H,13,14,15,16). The number of carbonyl (C=O) groups excluding carboxylic acids is 1. The molecule has 94 valence electrons. The molecular formula is C10H11ClN6O. The fraction of sp³-hybridized carbons (Fsp3) is 0.400. The molecule has 0 saturated carbocycles. The minimum absolute atomic E-state index is 0.0311. The maximum Gasteiger partial charge on any atom is 0.235 e. The number of nitrogens with zero attached hydrogens (tertiary/aromatic N) is 4. The Bertz CT molecular complexity index is 611. The summed E-state index contributed by atoms with van der Waals surface area (Å²) in [7, 11) is 0. The van der Waals surface area contributed by atoms with Gasteiger partial charge in [-0.2, -0.15) is 9.97 Å². The van der Waals surface area contributed by atoms with Crippen molar-refractivity contribution in [2.45, 2.75) is 6.42 Å². The molecule has 1 aliphatic heterocycles. The number of carbonyl (C=O) groups is 1. The summed E-state index contributed by atoms with van der Waals surface area (Å²) in [6, 6.07) is 0. The van der Waals surface area contributed by atoms with Crippen molar-refractivity contribution in [2.24, 2.45) is 11.7 Å². The van der Waals surface area contributed by atoms with Gasteiger partial charge in [0.2, 0.25) is 11.9 Å². The smallest absolute Gasteiger partial charge is 0.235 e. The lowest BCUT2D eigenvalue weighted by atomic mass is 10.1. The van der Waals surface area contributed by atoms with E-state index in [-0.39, 0.29) is 17.0 Å². The lowest BCUT2D eigenvalue weighted by Gasteiger charge is -2.13. The number of fused-ring (bicyclic) bond motifs is 1. The first kappa shape index (κ1) is 11.4. The molecule has 7 nitrogen and oxygen atoms in total.